The molecule has 14 heavy (non-hydrogen) atoms. The van der Waals surface area contributed by atoms with E-state index in [0.717, 1.165) is 0 Å². The lowest BCUT2D eigenvalue weighted by Gasteiger charge is -2.03. The fraction of sp³-hybridized carbons (Fsp3) is 0.222. The number of phenolic OH excluding ortho intramolecular Hbond substituents is 1. The predicted octanol–water partition coefficient (Wildman–Crippen LogP) is 0.957. The smallest absolute Gasteiger partial charge is 0.235 e. The maximum atomic E-state index is 9.89. The Bertz CT molecular complexity index is 410. The molecule has 0 atom stereocenters. The molecule has 2 rings (SSSR count). The topological polar surface area (TPSA) is 68.1 Å². The molecule has 1 heterocycles. The summed E-state index contributed by atoms with van der Waals surface area (Å²) in [7, 11) is 0. The third kappa shape index (κ3) is 1.30. The van der Waals surface area contributed by atoms with Gasteiger partial charge in [-0.1, -0.05) is 0 Å². The van der Waals surface area contributed by atoms with Gasteiger partial charge in [-0.2, -0.15) is 0 Å². The van der Waals surface area contributed by atoms with Gasteiger partial charge in [0.1, 0.15) is 0 Å². The Morgan fingerprint density at radius 3 is 3.14 bits per heavy atom. The molecule has 0 fully saturated rings. The number of ether oxygens (including phenoxy) is 2. The molecule has 0 saturated carbocycles. The first-order chi connectivity index (χ1) is 6.83. The van der Waals surface area contributed by atoms with Crippen molar-refractivity contribution in [2.45, 2.75) is 6.54 Å². The van der Waals surface area contributed by atoms with E-state index < -0.39 is 0 Å². The second-order valence-corrected chi connectivity index (χ2v) is 2.71. The largest absolute Gasteiger partial charge is 0.504 e. The fourth-order valence-corrected chi connectivity index (χ4v) is 1.24. The highest BCUT2D eigenvalue weighted by Gasteiger charge is 2.19. The first-order valence-electron chi connectivity index (χ1n) is 3.97. The zero-order chi connectivity index (χ0) is 9.97. The summed E-state index contributed by atoms with van der Waals surface area (Å²) >= 11 is 0. The second kappa shape index (κ2) is 3.40. The Kier molecular flexibility index (Phi) is 2.08. The minimum atomic E-state index is -0.0287. The van der Waals surface area contributed by atoms with Crippen molar-refractivity contribution in [1.82, 2.24) is 0 Å². The van der Waals surface area contributed by atoms with Crippen LogP contribution in [0.5, 0.6) is 17.2 Å². The molecule has 72 valence electrons. The zero-order valence-electron chi connectivity index (χ0n) is 7.19. The first-order valence-corrected chi connectivity index (χ1v) is 3.97. The predicted molar refractivity (Wildman–Crippen MR) is 46.1 cm³/mol. The highest BCUT2D eigenvalue weighted by atomic mass is 16.7. The fourth-order valence-electron chi connectivity index (χ4n) is 1.24. The lowest BCUT2D eigenvalue weighted by Crippen LogP contribution is -1.93. The molecule has 0 spiro atoms. The molecule has 0 amide bonds. The van der Waals surface area contributed by atoms with Crippen LogP contribution in [0.3, 0.4) is 0 Å². The maximum absolute atomic E-state index is 9.89. The Labute approximate surface area is 79.6 Å². The zero-order valence-corrected chi connectivity index (χ0v) is 7.19. The molecule has 0 radical (unpaired) electrons. The standard InChI is InChI=1S/C9H7NO4/c11-4-10-3-6-1-2-7-9(8(6)12)14-5-13-7/h1-2,12H,3,5H2. The number of isocyanates is 1. The Balaban J connectivity index is 2.39. The van der Waals surface area contributed by atoms with E-state index >= 15 is 0 Å². The summed E-state index contributed by atoms with van der Waals surface area (Å²) in [6.45, 7) is 0.190. The molecule has 0 saturated heterocycles. The summed E-state index contributed by atoms with van der Waals surface area (Å²) in [5.74, 6) is 0.781. The van der Waals surface area contributed by atoms with Gasteiger partial charge in [-0.3, -0.25) is 0 Å². The van der Waals surface area contributed by atoms with E-state index in [0.29, 0.717) is 17.1 Å². The van der Waals surface area contributed by atoms with Crippen LogP contribution in [-0.4, -0.2) is 18.0 Å². The van der Waals surface area contributed by atoms with Gasteiger partial charge >= 0.3 is 0 Å². The molecule has 1 aliphatic heterocycles. The number of phenols is 1. The summed E-state index contributed by atoms with van der Waals surface area (Å²) in [6.07, 6.45) is 1.40. The van der Waals surface area contributed by atoms with E-state index in [1.54, 1.807) is 12.1 Å². The third-order valence-electron chi connectivity index (χ3n) is 1.91. The molecular weight excluding hydrogens is 186 g/mol. The number of aliphatic imine (C=N–C) groups is 1. The van der Waals surface area contributed by atoms with E-state index in [1.807, 2.05) is 0 Å². The van der Waals surface area contributed by atoms with Gasteiger partial charge in [-0.25, -0.2) is 9.79 Å². The van der Waals surface area contributed by atoms with Gasteiger partial charge in [-0.05, 0) is 12.1 Å². The van der Waals surface area contributed by atoms with Crippen LogP contribution in [0.15, 0.2) is 17.1 Å². The number of rotatable bonds is 2. The second-order valence-electron chi connectivity index (χ2n) is 2.71. The number of aromatic hydroxyl groups is 1. The van der Waals surface area contributed by atoms with Crippen LogP contribution < -0.4 is 9.47 Å². The summed E-state index contributed by atoms with van der Waals surface area (Å²) in [6, 6.07) is 3.29. The summed E-state index contributed by atoms with van der Waals surface area (Å²) in [5.41, 5.74) is 0.512. The molecule has 0 aromatic heterocycles. The van der Waals surface area contributed by atoms with Crippen LogP contribution in [0, 0.1) is 0 Å². The Morgan fingerprint density at radius 1 is 1.50 bits per heavy atom. The number of nitrogens with zero attached hydrogens (tertiary/aromatic N) is 1. The van der Waals surface area contributed by atoms with Gasteiger partial charge in [0.2, 0.25) is 18.6 Å². The van der Waals surface area contributed by atoms with E-state index in [2.05, 4.69) is 4.99 Å². The van der Waals surface area contributed by atoms with Crippen LogP contribution >= 0.6 is 0 Å². The quantitative estimate of drug-likeness (QED) is 0.561. The van der Waals surface area contributed by atoms with Crippen molar-refractivity contribution in [2.24, 2.45) is 4.99 Å². The van der Waals surface area contributed by atoms with Gasteiger partial charge in [0.05, 0.1) is 6.54 Å². The monoisotopic (exact) mass is 193 g/mol. The van der Waals surface area contributed by atoms with Crippen molar-refractivity contribution in [1.29, 1.82) is 0 Å². The third-order valence-corrected chi connectivity index (χ3v) is 1.91. The lowest BCUT2D eigenvalue weighted by atomic mass is 10.2. The number of hydrogen-bond acceptors (Lipinski definition) is 5. The highest BCUT2D eigenvalue weighted by molar-refractivity contribution is 5.56. The molecule has 0 bridgehead atoms. The minimum Gasteiger partial charge on any atom is -0.504 e. The van der Waals surface area contributed by atoms with Crippen LogP contribution in [-0.2, 0) is 11.3 Å². The van der Waals surface area contributed by atoms with Gasteiger partial charge in [0, 0.05) is 5.56 Å². The molecule has 1 aromatic rings. The van der Waals surface area contributed by atoms with Gasteiger partial charge in [0.25, 0.3) is 0 Å². The molecule has 1 aromatic carbocycles. The van der Waals surface area contributed by atoms with E-state index in [-0.39, 0.29) is 19.1 Å². The van der Waals surface area contributed by atoms with E-state index in [4.69, 9.17) is 9.47 Å². The van der Waals surface area contributed by atoms with Gasteiger partial charge < -0.3 is 14.6 Å². The van der Waals surface area contributed by atoms with Gasteiger partial charge in [0.15, 0.2) is 11.5 Å². The van der Waals surface area contributed by atoms with Crippen molar-refractivity contribution in [2.75, 3.05) is 6.79 Å². The lowest BCUT2D eigenvalue weighted by molar-refractivity contribution is 0.171. The molecule has 5 nitrogen and oxygen atoms in total. The number of hydrogen-bond donors (Lipinski definition) is 1. The first kappa shape index (κ1) is 8.59. The Morgan fingerprint density at radius 2 is 2.36 bits per heavy atom. The normalized spacial score (nSPS) is 12.3. The van der Waals surface area contributed by atoms with Crippen LogP contribution in [0.1, 0.15) is 5.56 Å². The summed E-state index contributed by atoms with van der Waals surface area (Å²) < 4.78 is 10.1. The molecular formula is C9H7NO4. The molecule has 1 aliphatic rings. The summed E-state index contributed by atoms with van der Waals surface area (Å²) in [5, 5.41) is 9.64. The van der Waals surface area contributed by atoms with Gasteiger partial charge in [-0.15, -0.1) is 0 Å². The molecule has 5 heteroatoms. The molecule has 0 aliphatic carbocycles. The van der Waals surface area contributed by atoms with Crippen molar-refractivity contribution in [3.63, 3.8) is 0 Å². The molecule has 1 N–H and O–H groups in total. The van der Waals surface area contributed by atoms with Crippen molar-refractivity contribution >= 4 is 6.08 Å². The van der Waals surface area contributed by atoms with Crippen molar-refractivity contribution in [3.8, 4) is 17.2 Å². The van der Waals surface area contributed by atoms with Crippen LogP contribution in [0.4, 0.5) is 0 Å². The van der Waals surface area contributed by atoms with Crippen molar-refractivity contribution < 1.29 is 19.4 Å². The number of carbonyl (C=O) groups excluding carboxylic acids is 1. The highest BCUT2D eigenvalue weighted by Crippen LogP contribution is 2.42. The van der Waals surface area contributed by atoms with Crippen LogP contribution in [0.2, 0.25) is 0 Å². The summed E-state index contributed by atoms with van der Waals surface area (Å²) in [4.78, 5) is 13.3. The number of fused-ring (bicyclic) bond motifs is 1. The average Bonchev–Trinajstić information content (AvgIpc) is 2.66. The Hall–Kier alpha value is -2.00. The number of benzene rings is 1. The van der Waals surface area contributed by atoms with Crippen LogP contribution in [0.25, 0.3) is 0 Å². The maximum Gasteiger partial charge on any atom is 0.235 e. The van der Waals surface area contributed by atoms with Crippen molar-refractivity contribution in [3.05, 3.63) is 17.7 Å². The average molecular weight is 193 g/mol. The SMILES string of the molecule is O=C=NCc1ccc2c(c1O)OCO2. The van der Waals surface area contributed by atoms with E-state index in [9.17, 15) is 9.90 Å². The minimum absolute atomic E-state index is 0.0287. The molecule has 0 unspecified atom stereocenters. The van der Waals surface area contributed by atoms with E-state index in [1.165, 1.54) is 6.08 Å².